The summed E-state index contributed by atoms with van der Waals surface area (Å²) in [5, 5.41) is 3.95. The summed E-state index contributed by atoms with van der Waals surface area (Å²) in [6.07, 6.45) is 14.0. The van der Waals surface area contributed by atoms with E-state index in [4.69, 9.17) is 0 Å². The minimum atomic E-state index is 0.481. The maximum atomic E-state index is 3.95. The Bertz CT molecular complexity index is 246. The highest BCUT2D eigenvalue weighted by molar-refractivity contribution is 4.99. The van der Waals surface area contributed by atoms with Crippen LogP contribution in [-0.2, 0) is 0 Å². The third kappa shape index (κ3) is 4.19. The van der Waals surface area contributed by atoms with Crippen molar-refractivity contribution in [2.24, 2.45) is 0 Å². The van der Waals surface area contributed by atoms with Gasteiger partial charge in [0.15, 0.2) is 0 Å². The van der Waals surface area contributed by atoms with Crippen LogP contribution in [0.25, 0.3) is 0 Å². The average Bonchev–Trinajstić information content (AvgIpc) is 2.43. The molecule has 1 unspecified atom stereocenters. The van der Waals surface area contributed by atoms with Crippen molar-refractivity contribution in [2.75, 3.05) is 19.6 Å². The average molecular weight is 266 g/mol. The molecule has 1 heterocycles. The Morgan fingerprint density at radius 1 is 1.05 bits per heavy atom. The van der Waals surface area contributed by atoms with Gasteiger partial charge in [0, 0.05) is 24.7 Å². The molecule has 0 bridgehead atoms. The predicted molar refractivity (Wildman–Crippen MR) is 83.6 cm³/mol. The number of nitrogens with one attached hydrogen (secondary N) is 1. The number of rotatable bonds is 6. The van der Waals surface area contributed by atoms with Gasteiger partial charge in [0.25, 0.3) is 0 Å². The highest BCUT2D eigenvalue weighted by atomic mass is 15.3. The quantitative estimate of drug-likeness (QED) is 0.732. The van der Waals surface area contributed by atoms with Gasteiger partial charge < -0.3 is 5.32 Å². The van der Waals surface area contributed by atoms with Crippen molar-refractivity contribution in [2.45, 2.75) is 89.6 Å². The number of nitrogens with zero attached hydrogens (tertiary/aromatic N) is 1. The summed E-state index contributed by atoms with van der Waals surface area (Å²) in [4.78, 5) is 2.83. The Labute approximate surface area is 120 Å². The molecule has 1 aliphatic heterocycles. The van der Waals surface area contributed by atoms with Gasteiger partial charge in [-0.15, -0.1) is 0 Å². The normalized spacial score (nSPS) is 27.8. The van der Waals surface area contributed by atoms with Crippen molar-refractivity contribution in [3.63, 3.8) is 0 Å². The maximum absolute atomic E-state index is 3.95. The summed E-state index contributed by atoms with van der Waals surface area (Å²) in [5.74, 6) is 0. The third-order valence-corrected chi connectivity index (χ3v) is 5.22. The molecule has 0 radical (unpaired) electrons. The highest BCUT2D eigenvalue weighted by Crippen LogP contribution is 2.32. The molecule has 2 fully saturated rings. The summed E-state index contributed by atoms with van der Waals surface area (Å²) < 4.78 is 0. The Kier molecular flexibility index (Phi) is 6.15. The van der Waals surface area contributed by atoms with E-state index in [9.17, 15) is 0 Å². The van der Waals surface area contributed by atoms with Crippen molar-refractivity contribution >= 4 is 0 Å². The molecule has 0 aromatic rings. The second-order valence-corrected chi connectivity index (χ2v) is 6.84. The second kappa shape index (κ2) is 7.64. The molecule has 1 saturated carbocycles. The van der Waals surface area contributed by atoms with Crippen molar-refractivity contribution < 1.29 is 0 Å². The van der Waals surface area contributed by atoms with Crippen LogP contribution in [0, 0.1) is 0 Å². The zero-order valence-electron chi connectivity index (χ0n) is 13.2. The summed E-state index contributed by atoms with van der Waals surface area (Å²) in [6.45, 7) is 8.53. The van der Waals surface area contributed by atoms with Crippen LogP contribution in [0.3, 0.4) is 0 Å². The lowest BCUT2D eigenvalue weighted by Gasteiger charge is -2.50. The minimum absolute atomic E-state index is 0.481. The van der Waals surface area contributed by atoms with Crippen LogP contribution in [0.15, 0.2) is 0 Å². The Morgan fingerprint density at radius 3 is 2.53 bits per heavy atom. The molecule has 1 saturated heterocycles. The van der Waals surface area contributed by atoms with E-state index in [1.807, 2.05) is 0 Å². The van der Waals surface area contributed by atoms with Crippen LogP contribution in [-0.4, -0.2) is 36.1 Å². The van der Waals surface area contributed by atoms with Gasteiger partial charge in [-0.3, -0.25) is 4.90 Å². The van der Waals surface area contributed by atoms with E-state index in [2.05, 4.69) is 24.1 Å². The number of hydrogen-bond acceptors (Lipinski definition) is 2. The minimum Gasteiger partial charge on any atom is -0.308 e. The van der Waals surface area contributed by atoms with E-state index in [1.54, 1.807) is 0 Å². The Morgan fingerprint density at radius 2 is 1.84 bits per heavy atom. The van der Waals surface area contributed by atoms with Crippen LogP contribution < -0.4 is 5.32 Å². The maximum Gasteiger partial charge on any atom is 0.0309 e. The van der Waals surface area contributed by atoms with Crippen LogP contribution in [0.2, 0.25) is 0 Å². The summed E-state index contributed by atoms with van der Waals surface area (Å²) >= 11 is 0. The first-order valence-corrected chi connectivity index (χ1v) is 8.79. The number of piperazine rings is 1. The van der Waals surface area contributed by atoms with Gasteiger partial charge in [-0.05, 0) is 32.2 Å². The van der Waals surface area contributed by atoms with Gasteiger partial charge in [-0.25, -0.2) is 0 Å². The van der Waals surface area contributed by atoms with Crippen molar-refractivity contribution in [1.29, 1.82) is 0 Å². The largest absolute Gasteiger partial charge is 0.308 e. The van der Waals surface area contributed by atoms with E-state index in [-0.39, 0.29) is 0 Å². The van der Waals surface area contributed by atoms with Gasteiger partial charge in [-0.1, -0.05) is 52.4 Å². The fraction of sp³-hybridized carbons (Fsp3) is 1.00. The van der Waals surface area contributed by atoms with E-state index in [0.717, 1.165) is 6.04 Å². The van der Waals surface area contributed by atoms with Gasteiger partial charge in [0.1, 0.15) is 0 Å². The molecule has 0 aromatic carbocycles. The topological polar surface area (TPSA) is 15.3 Å². The van der Waals surface area contributed by atoms with E-state index in [1.165, 1.54) is 83.8 Å². The molecule has 2 heteroatoms. The van der Waals surface area contributed by atoms with Crippen LogP contribution in [0.1, 0.15) is 78.1 Å². The molecule has 1 aliphatic carbocycles. The van der Waals surface area contributed by atoms with E-state index in [0.29, 0.717) is 5.54 Å². The van der Waals surface area contributed by atoms with Crippen molar-refractivity contribution in [3.8, 4) is 0 Å². The summed E-state index contributed by atoms with van der Waals surface area (Å²) in [6, 6.07) is 0.800. The monoisotopic (exact) mass is 266 g/mol. The zero-order valence-corrected chi connectivity index (χ0v) is 13.2. The molecule has 2 rings (SSSR count). The van der Waals surface area contributed by atoms with Crippen molar-refractivity contribution in [1.82, 2.24) is 10.2 Å². The lowest BCUT2D eigenvalue weighted by molar-refractivity contribution is 0.0506. The van der Waals surface area contributed by atoms with Gasteiger partial charge in [-0.2, -0.15) is 0 Å². The molecular weight excluding hydrogens is 232 g/mol. The molecule has 1 N–H and O–H groups in total. The molecule has 1 spiro atoms. The molecule has 0 aromatic heterocycles. The smallest absolute Gasteiger partial charge is 0.0309 e. The molecule has 112 valence electrons. The predicted octanol–water partition coefficient (Wildman–Crippen LogP) is 3.95. The third-order valence-electron chi connectivity index (χ3n) is 5.22. The lowest BCUT2D eigenvalue weighted by atomic mass is 9.79. The van der Waals surface area contributed by atoms with E-state index < -0.39 is 0 Å². The summed E-state index contributed by atoms with van der Waals surface area (Å²) in [7, 11) is 0. The molecule has 1 atom stereocenters. The first kappa shape index (κ1) is 15.3. The second-order valence-electron chi connectivity index (χ2n) is 6.84. The number of unbranched alkanes of at least 4 members (excludes halogenated alkanes) is 2. The van der Waals surface area contributed by atoms with Crippen molar-refractivity contribution in [3.05, 3.63) is 0 Å². The van der Waals surface area contributed by atoms with Crippen LogP contribution >= 0.6 is 0 Å². The molecule has 19 heavy (non-hydrogen) atoms. The molecule has 2 nitrogen and oxygen atoms in total. The van der Waals surface area contributed by atoms with Crippen LogP contribution in [0.5, 0.6) is 0 Å². The fourth-order valence-corrected chi connectivity index (χ4v) is 4.05. The SMILES string of the molecule is CCCCCN1CC2(CCCCC2)NCC1CCC. The van der Waals surface area contributed by atoms with Crippen LogP contribution in [0.4, 0.5) is 0 Å². The van der Waals surface area contributed by atoms with Gasteiger partial charge in [0.05, 0.1) is 0 Å². The molecule has 2 aliphatic rings. The first-order valence-electron chi connectivity index (χ1n) is 8.79. The van der Waals surface area contributed by atoms with Gasteiger partial charge in [0.2, 0.25) is 0 Å². The number of hydrogen-bond donors (Lipinski definition) is 1. The zero-order chi connectivity index (χ0) is 13.6. The first-order chi connectivity index (χ1) is 9.29. The standard InChI is InChI=1S/C17H34N2/c1-3-5-9-13-19-15-17(11-7-6-8-12-17)18-14-16(19)10-4-2/h16,18H,3-15H2,1-2H3. The lowest BCUT2D eigenvalue weighted by Crippen LogP contribution is -2.64. The summed E-state index contributed by atoms with van der Waals surface area (Å²) in [5.41, 5.74) is 0.481. The van der Waals surface area contributed by atoms with Gasteiger partial charge >= 0.3 is 0 Å². The Balaban J connectivity index is 1.91. The molecule has 0 amide bonds. The van der Waals surface area contributed by atoms with E-state index >= 15 is 0 Å². The highest BCUT2D eigenvalue weighted by Gasteiger charge is 2.39. The fourth-order valence-electron chi connectivity index (χ4n) is 4.05. The molecular formula is C17H34N2. The Hall–Kier alpha value is -0.0800.